The molecule has 1 aromatic heterocycles. The zero-order valence-corrected chi connectivity index (χ0v) is 15.4. The second-order valence-electron chi connectivity index (χ2n) is 6.08. The van der Waals surface area contributed by atoms with E-state index in [9.17, 15) is 23.1 Å². The van der Waals surface area contributed by atoms with Gasteiger partial charge in [0.05, 0.1) is 0 Å². The number of nitrogens with zero attached hydrogens (tertiary/aromatic N) is 1. The lowest BCUT2D eigenvalue weighted by Gasteiger charge is -2.10. The molecule has 0 saturated heterocycles. The van der Waals surface area contributed by atoms with Crippen molar-refractivity contribution in [2.45, 2.75) is 26.1 Å². The summed E-state index contributed by atoms with van der Waals surface area (Å²) in [5.74, 6) is -1.86. The summed E-state index contributed by atoms with van der Waals surface area (Å²) in [6, 6.07) is 12.1. The molecule has 0 unspecified atom stereocenters. The Hall–Kier alpha value is -2.28. The monoisotopic (exact) mass is 425 g/mol. The summed E-state index contributed by atoms with van der Waals surface area (Å²) in [4.78, 5) is 11.5. The number of alkyl halides is 3. The highest BCUT2D eigenvalue weighted by Gasteiger charge is 2.38. The molecule has 0 aliphatic rings. The number of phenols is 1. The topological polar surface area (TPSA) is 42.2 Å². The largest absolute Gasteiger partial charge is 0.508 e. The number of hydrogen-bond donors (Lipinski definition) is 1. The van der Waals surface area contributed by atoms with E-state index in [0.717, 1.165) is 10.0 Å². The number of aromatic nitrogens is 1. The minimum atomic E-state index is -4.89. The second kappa shape index (κ2) is 6.79. The van der Waals surface area contributed by atoms with Gasteiger partial charge >= 0.3 is 6.18 Å². The Morgan fingerprint density at radius 1 is 1.15 bits per heavy atom. The van der Waals surface area contributed by atoms with Gasteiger partial charge < -0.3 is 9.67 Å². The first-order chi connectivity index (χ1) is 12.2. The van der Waals surface area contributed by atoms with Crippen LogP contribution in [0.1, 0.15) is 16.8 Å². The van der Waals surface area contributed by atoms with Crippen LogP contribution in [0.3, 0.4) is 0 Å². The molecule has 26 heavy (non-hydrogen) atoms. The third-order valence-electron chi connectivity index (χ3n) is 4.35. The maximum absolute atomic E-state index is 12.7. The number of aromatic hydroxyl groups is 1. The fraction of sp³-hybridized carbons (Fsp3) is 0.211. The summed E-state index contributed by atoms with van der Waals surface area (Å²) in [6.07, 6.45) is -5.63. The van der Waals surface area contributed by atoms with Crippen LogP contribution in [-0.4, -0.2) is 21.6 Å². The van der Waals surface area contributed by atoms with Gasteiger partial charge in [-0.3, -0.25) is 4.79 Å². The third-order valence-corrected chi connectivity index (χ3v) is 4.87. The van der Waals surface area contributed by atoms with Crippen LogP contribution in [0.25, 0.3) is 10.9 Å². The number of Topliss-reactive ketones (excluding diaryl/α,β-unsaturated/α-hetero) is 1. The van der Waals surface area contributed by atoms with Crippen LogP contribution in [0.2, 0.25) is 0 Å². The SMILES string of the molecule is Cc1c(CC(=O)C(F)(F)F)c2cc(O)ccc2n1Cc1ccc(Br)cc1. The van der Waals surface area contributed by atoms with Gasteiger partial charge in [-0.15, -0.1) is 0 Å². The number of fused-ring (bicyclic) bond motifs is 1. The lowest BCUT2D eigenvalue weighted by molar-refractivity contribution is -0.170. The lowest BCUT2D eigenvalue weighted by Crippen LogP contribution is -2.24. The molecule has 0 bridgehead atoms. The average Bonchev–Trinajstić information content (AvgIpc) is 2.81. The average molecular weight is 426 g/mol. The molecule has 0 atom stereocenters. The van der Waals surface area contributed by atoms with Gasteiger partial charge in [0.1, 0.15) is 5.75 Å². The van der Waals surface area contributed by atoms with Gasteiger partial charge in [0.2, 0.25) is 5.78 Å². The fourth-order valence-electron chi connectivity index (χ4n) is 3.00. The van der Waals surface area contributed by atoms with E-state index in [1.807, 2.05) is 28.8 Å². The van der Waals surface area contributed by atoms with Gasteiger partial charge in [-0.1, -0.05) is 28.1 Å². The first-order valence-corrected chi connectivity index (χ1v) is 8.61. The predicted octanol–water partition coefficient (Wildman–Crippen LogP) is 5.14. The molecule has 3 nitrogen and oxygen atoms in total. The van der Waals surface area contributed by atoms with E-state index >= 15 is 0 Å². The van der Waals surface area contributed by atoms with Crippen LogP contribution in [0.4, 0.5) is 13.2 Å². The van der Waals surface area contributed by atoms with Gasteiger partial charge in [0.15, 0.2) is 0 Å². The van der Waals surface area contributed by atoms with Gasteiger partial charge in [0, 0.05) is 34.0 Å². The molecule has 7 heteroatoms. The first-order valence-electron chi connectivity index (χ1n) is 7.82. The molecule has 0 aliphatic carbocycles. The molecule has 136 valence electrons. The predicted molar refractivity (Wildman–Crippen MR) is 96.3 cm³/mol. The minimum absolute atomic E-state index is 0.0565. The van der Waals surface area contributed by atoms with Crippen LogP contribution in [-0.2, 0) is 17.8 Å². The van der Waals surface area contributed by atoms with E-state index in [-0.39, 0.29) is 11.3 Å². The number of ketones is 1. The van der Waals surface area contributed by atoms with Crippen molar-refractivity contribution < 1.29 is 23.1 Å². The Morgan fingerprint density at radius 2 is 1.81 bits per heavy atom. The second-order valence-corrected chi connectivity index (χ2v) is 6.99. The van der Waals surface area contributed by atoms with Crippen molar-refractivity contribution in [1.82, 2.24) is 4.57 Å². The summed E-state index contributed by atoms with van der Waals surface area (Å²) in [5.41, 5.74) is 2.50. The molecule has 0 saturated carbocycles. The summed E-state index contributed by atoms with van der Waals surface area (Å²) < 4.78 is 41.0. The van der Waals surface area contributed by atoms with Gasteiger partial charge in [0.25, 0.3) is 0 Å². The highest BCUT2D eigenvalue weighted by molar-refractivity contribution is 9.10. The Labute approximate surface area is 156 Å². The molecule has 2 aromatic carbocycles. The summed E-state index contributed by atoms with van der Waals surface area (Å²) >= 11 is 3.36. The van der Waals surface area contributed by atoms with E-state index in [4.69, 9.17) is 0 Å². The number of phenolic OH excluding ortho intramolecular Hbond substituents is 1. The number of rotatable bonds is 4. The van der Waals surface area contributed by atoms with Gasteiger partial charge in [-0.05, 0) is 48.4 Å². The van der Waals surface area contributed by atoms with Crippen LogP contribution >= 0.6 is 15.9 Å². The normalized spacial score (nSPS) is 11.9. The standard InChI is InChI=1S/C19H15BrF3NO2/c1-11-15(9-18(26)19(21,22)23)16-8-14(25)6-7-17(16)24(11)10-12-2-4-13(20)5-3-12/h2-8,25H,9-10H2,1H3. The highest BCUT2D eigenvalue weighted by Crippen LogP contribution is 2.32. The Bertz CT molecular complexity index is 975. The maximum Gasteiger partial charge on any atom is 0.450 e. The fourth-order valence-corrected chi connectivity index (χ4v) is 3.26. The number of hydrogen-bond acceptors (Lipinski definition) is 2. The summed E-state index contributed by atoms with van der Waals surface area (Å²) in [6.45, 7) is 2.13. The first kappa shape index (κ1) is 18.5. The molecule has 0 spiro atoms. The van der Waals surface area contributed by atoms with Gasteiger partial charge in [-0.25, -0.2) is 0 Å². The molecule has 3 aromatic rings. The molecule has 0 fully saturated rings. The molecular formula is C19H15BrF3NO2. The van der Waals surface area contributed by atoms with Crippen molar-refractivity contribution in [3.05, 3.63) is 63.8 Å². The maximum atomic E-state index is 12.7. The molecule has 0 amide bonds. The molecular weight excluding hydrogens is 411 g/mol. The van der Waals surface area contributed by atoms with E-state index in [2.05, 4.69) is 15.9 Å². The van der Waals surface area contributed by atoms with Crippen molar-refractivity contribution in [1.29, 1.82) is 0 Å². The lowest BCUT2D eigenvalue weighted by atomic mass is 10.0. The Kier molecular flexibility index (Phi) is 4.84. The number of halogens is 4. The van der Waals surface area contributed by atoms with E-state index < -0.39 is 18.4 Å². The van der Waals surface area contributed by atoms with Crippen molar-refractivity contribution in [3.63, 3.8) is 0 Å². The van der Waals surface area contributed by atoms with Crippen LogP contribution in [0.5, 0.6) is 5.75 Å². The van der Waals surface area contributed by atoms with Crippen LogP contribution in [0, 0.1) is 6.92 Å². The summed E-state index contributed by atoms with van der Waals surface area (Å²) in [7, 11) is 0. The van der Waals surface area contributed by atoms with Crippen LogP contribution < -0.4 is 0 Å². The quantitative estimate of drug-likeness (QED) is 0.628. The highest BCUT2D eigenvalue weighted by atomic mass is 79.9. The van der Waals surface area contributed by atoms with Crippen molar-refractivity contribution in [2.24, 2.45) is 0 Å². The number of carbonyl (C=O) groups excluding carboxylic acids is 1. The van der Waals surface area contributed by atoms with Crippen molar-refractivity contribution >= 4 is 32.6 Å². The Morgan fingerprint density at radius 3 is 2.42 bits per heavy atom. The molecule has 1 N–H and O–H groups in total. The van der Waals surface area contributed by atoms with Crippen molar-refractivity contribution in [3.8, 4) is 5.75 Å². The number of benzene rings is 2. The minimum Gasteiger partial charge on any atom is -0.508 e. The van der Waals surface area contributed by atoms with E-state index in [1.165, 1.54) is 12.1 Å². The van der Waals surface area contributed by atoms with E-state index in [0.29, 0.717) is 23.1 Å². The molecule has 0 radical (unpaired) electrons. The van der Waals surface area contributed by atoms with Gasteiger partial charge in [-0.2, -0.15) is 13.2 Å². The Balaban J connectivity index is 2.10. The molecule has 1 heterocycles. The zero-order valence-electron chi connectivity index (χ0n) is 13.8. The van der Waals surface area contributed by atoms with E-state index in [1.54, 1.807) is 13.0 Å². The zero-order chi connectivity index (χ0) is 19.1. The smallest absolute Gasteiger partial charge is 0.450 e. The summed E-state index contributed by atoms with van der Waals surface area (Å²) in [5, 5.41) is 10.2. The van der Waals surface area contributed by atoms with Crippen molar-refractivity contribution in [2.75, 3.05) is 0 Å². The number of carbonyl (C=O) groups is 1. The third kappa shape index (κ3) is 3.62. The molecule has 0 aliphatic heterocycles. The molecule has 3 rings (SSSR count). The van der Waals surface area contributed by atoms with Crippen LogP contribution in [0.15, 0.2) is 46.9 Å².